The standard InChI is InChI=1S/C16H19N3/c1-13-10-15(18-12-17-13)19(2)11-16(8-9-16)14-6-4-3-5-7-14/h3-7,10,12H,8-9,11H2,1-2H3. The van der Waals surface area contributed by atoms with Crippen LogP contribution < -0.4 is 4.90 Å². The van der Waals surface area contributed by atoms with E-state index in [1.807, 2.05) is 13.0 Å². The first-order valence-electron chi connectivity index (χ1n) is 6.75. The molecule has 0 unspecified atom stereocenters. The first-order chi connectivity index (χ1) is 9.20. The van der Waals surface area contributed by atoms with Crippen LogP contribution in [0.4, 0.5) is 5.82 Å². The highest BCUT2D eigenvalue weighted by Gasteiger charge is 2.45. The van der Waals surface area contributed by atoms with Crippen LogP contribution in [0.2, 0.25) is 0 Å². The molecule has 2 aromatic rings. The molecule has 0 atom stereocenters. The predicted octanol–water partition coefficient (Wildman–Crippen LogP) is 2.95. The van der Waals surface area contributed by atoms with Crippen LogP contribution in [0.5, 0.6) is 0 Å². The summed E-state index contributed by atoms with van der Waals surface area (Å²) in [6.07, 6.45) is 4.18. The van der Waals surface area contributed by atoms with Gasteiger partial charge in [0.25, 0.3) is 0 Å². The summed E-state index contributed by atoms with van der Waals surface area (Å²) in [6.45, 7) is 3.02. The average Bonchev–Trinajstić information content (AvgIpc) is 3.21. The first-order valence-corrected chi connectivity index (χ1v) is 6.75. The molecule has 1 heterocycles. The number of hydrogen-bond donors (Lipinski definition) is 0. The van der Waals surface area contributed by atoms with Gasteiger partial charge in [0.1, 0.15) is 12.1 Å². The number of rotatable bonds is 4. The van der Waals surface area contributed by atoms with Crippen molar-refractivity contribution in [3.05, 3.63) is 54.0 Å². The van der Waals surface area contributed by atoms with E-state index in [1.165, 1.54) is 18.4 Å². The van der Waals surface area contributed by atoms with Gasteiger partial charge in [-0.25, -0.2) is 9.97 Å². The zero-order valence-electron chi connectivity index (χ0n) is 11.5. The molecule has 3 heteroatoms. The van der Waals surface area contributed by atoms with Gasteiger partial charge in [-0.15, -0.1) is 0 Å². The molecule has 1 saturated carbocycles. The molecule has 1 aromatic carbocycles. The minimum Gasteiger partial charge on any atom is -0.359 e. The molecule has 1 aromatic heterocycles. The van der Waals surface area contributed by atoms with Gasteiger partial charge in [-0.3, -0.25) is 0 Å². The molecule has 0 saturated heterocycles. The maximum atomic E-state index is 4.36. The quantitative estimate of drug-likeness (QED) is 0.839. The van der Waals surface area contributed by atoms with Gasteiger partial charge in [-0.05, 0) is 25.3 Å². The number of benzene rings is 1. The molecule has 0 aliphatic heterocycles. The molecule has 0 N–H and O–H groups in total. The van der Waals surface area contributed by atoms with E-state index in [9.17, 15) is 0 Å². The van der Waals surface area contributed by atoms with Crippen molar-refractivity contribution in [3.63, 3.8) is 0 Å². The van der Waals surface area contributed by atoms with E-state index in [4.69, 9.17) is 0 Å². The van der Waals surface area contributed by atoms with Crippen LogP contribution in [-0.2, 0) is 5.41 Å². The third-order valence-corrected chi connectivity index (χ3v) is 3.96. The molecule has 19 heavy (non-hydrogen) atoms. The normalized spacial score (nSPS) is 16.1. The van der Waals surface area contributed by atoms with Crippen molar-refractivity contribution >= 4 is 5.82 Å². The van der Waals surface area contributed by atoms with E-state index in [0.717, 1.165) is 18.1 Å². The smallest absolute Gasteiger partial charge is 0.131 e. The van der Waals surface area contributed by atoms with Crippen LogP contribution in [0.25, 0.3) is 0 Å². The van der Waals surface area contributed by atoms with Crippen molar-refractivity contribution in [1.82, 2.24) is 9.97 Å². The van der Waals surface area contributed by atoms with E-state index in [2.05, 4.69) is 52.2 Å². The van der Waals surface area contributed by atoms with E-state index < -0.39 is 0 Å². The Labute approximate surface area is 114 Å². The van der Waals surface area contributed by atoms with Gasteiger partial charge in [0.05, 0.1) is 0 Å². The molecule has 1 aliphatic carbocycles. The molecular weight excluding hydrogens is 234 g/mol. The van der Waals surface area contributed by atoms with Crippen LogP contribution in [0.15, 0.2) is 42.7 Å². The Morgan fingerprint density at radius 3 is 2.53 bits per heavy atom. The minimum atomic E-state index is 0.328. The molecule has 3 nitrogen and oxygen atoms in total. The summed E-state index contributed by atoms with van der Waals surface area (Å²) < 4.78 is 0. The molecule has 98 valence electrons. The molecule has 0 bridgehead atoms. The van der Waals surface area contributed by atoms with Crippen molar-refractivity contribution in [1.29, 1.82) is 0 Å². The second kappa shape index (κ2) is 4.65. The van der Waals surface area contributed by atoms with Crippen molar-refractivity contribution in [2.24, 2.45) is 0 Å². The highest BCUT2D eigenvalue weighted by Crippen LogP contribution is 2.48. The summed E-state index contributed by atoms with van der Waals surface area (Å²) >= 11 is 0. The predicted molar refractivity (Wildman–Crippen MR) is 77.4 cm³/mol. The highest BCUT2D eigenvalue weighted by atomic mass is 15.2. The zero-order chi connectivity index (χ0) is 13.3. The van der Waals surface area contributed by atoms with Gasteiger partial charge >= 0.3 is 0 Å². The zero-order valence-corrected chi connectivity index (χ0v) is 11.5. The number of nitrogens with zero attached hydrogens (tertiary/aromatic N) is 3. The maximum absolute atomic E-state index is 4.36. The summed E-state index contributed by atoms with van der Waals surface area (Å²) in [4.78, 5) is 10.8. The third-order valence-electron chi connectivity index (χ3n) is 3.96. The first kappa shape index (κ1) is 12.2. The van der Waals surface area contributed by atoms with Crippen LogP contribution >= 0.6 is 0 Å². The lowest BCUT2D eigenvalue weighted by molar-refractivity contribution is 0.667. The van der Waals surface area contributed by atoms with Gasteiger partial charge in [-0.1, -0.05) is 30.3 Å². The van der Waals surface area contributed by atoms with Gasteiger partial charge in [0, 0.05) is 30.8 Å². The number of aromatic nitrogens is 2. The lowest BCUT2D eigenvalue weighted by atomic mass is 9.95. The second-order valence-corrected chi connectivity index (χ2v) is 5.52. The maximum Gasteiger partial charge on any atom is 0.131 e. The van der Waals surface area contributed by atoms with Crippen molar-refractivity contribution in [2.75, 3.05) is 18.5 Å². The van der Waals surface area contributed by atoms with Crippen LogP contribution in [0.1, 0.15) is 24.1 Å². The summed E-state index contributed by atoms with van der Waals surface area (Å²) in [6, 6.07) is 12.9. The largest absolute Gasteiger partial charge is 0.359 e. The second-order valence-electron chi connectivity index (χ2n) is 5.52. The third kappa shape index (κ3) is 2.46. The molecule has 3 rings (SSSR count). The molecule has 1 aliphatic rings. The fourth-order valence-corrected chi connectivity index (χ4v) is 2.66. The lowest BCUT2D eigenvalue weighted by Crippen LogP contribution is -2.29. The minimum absolute atomic E-state index is 0.328. The van der Waals surface area contributed by atoms with Crippen molar-refractivity contribution in [2.45, 2.75) is 25.2 Å². The summed E-state index contributed by atoms with van der Waals surface area (Å²) in [5.41, 5.74) is 2.79. The Bertz CT molecular complexity index is 561. The molecule has 1 fully saturated rings. The average molecular weight is 253 g/mol. The Kier molecular flexibility index (Phi) is 2.97. The Morgan fingerprint density at radius 2 is 1.89 bits per heavy atom. The van der Waals surface area contributed by atoms with Gasteiger partial charge in [0.15, 0.2) is 0 Å². The van der Waals surface area contributed by atoms with Gasteiger partial charge in [-0.2, -0.15) is 0 Å². The Hall–Kier alpha value is -1.90. The van der Waals surface area contributed by atoms with Crippen LogP contribution in [0, 0.1) is 6.92 Å². The van der Waals surface area contributed by atoms with Crippen molar-refractivity contribution < 1.29 is 0 Å². The van der Waals surface area contributed by atoms with E-state index in [-0.39, 0.29) is 0 Å². The summed E-state index contributed by atoms with van der Waals surface area (Å²) in [5.74, 6) is 1.01. The molecular formula is C16H19N3. The van der Waals surface area contributed by atoms with E-state index >= 15 is 0 Å². The van der Waals surface area contributed by atoms with Crippen LogP contribution in [-0.4, -0.2) is 23.6 Å². The number of aryl methyl sites for hydroxylation is 1. The fourth-order valence-electron chi connectivity index (χ4n) is 2.66. The summed E-state index contributed by atoms with van der Waals surface area (Å²) in [5, 5.41) is 0. The fraction of sp³-hybridized carbons (Fsp3) is 0.375. The topological polar surface area (TPSA) is 29.0 Å². The Balaban J connectivity index is 1.78. The number of anilines is 1. The molecule has 0 amide bonds. The highest BCUT2D eigenvalue weighted by molar-refractivity contribution is 5.42. The van der Waals surface area contributed by atoms with Crippen LogP contribution in [0.3, 0.4) is 0 Å². The van der Waals surface area contributed by atoms with E-state index in [0.29, 0.717) is 5.41 Å². The molecule has 0 radical (unpaired) electrons. The van der Waals surface area contributed by atoms with Crippen molar-refractivity contribution in [3.8, 4) is 0 Å². The number of likely N-dealkylation sites (N-methyl/N-ethyl adjacent to an activating group) is 1. The lowest BCUT2D eigenvalue weighted by Gasteiger charge is -2.25. The monoisotopic (exact) mass is 253 g/mol. The number of hydrogen-bond acceptors (Lipinski definition) is 3. The van der Waals surface area contributed by atoms with E-state index in [1.54, 1.807) is 6.33 Å². The SMILES string of the molecule is Cc1cc(N(C)CC2(c3ccccc3)CC2)ncn1. The summed E-state index contributed by atoms with van der Waals surface area (Å²) in [7, 11) is 2.12. The Morgan fingerprint density at radius 1 is 1.16 bits per heavy atom. The van der Waals surface area contributed by atoms with Gasteiger partial charge < -0.3 is 4.90 Å². The van der Waals surface area contributed by atoms with Gasteiger partial charge in [0.2, 0.25) is 0 Å². The molecule has 0 spiro atoms.